The zero-order chi connectivity index (χ0) is 39.3. The third kappa shape index (κ3) is 7.92. The number of hydrogen-bond donors (Lipinski definition) is 1. The number of fused-ring (bicyclic) bond motifs is 3. The van der Waals surface area contributed by atoms with Gasteiger partial charge in [0.1, 0.15) is 36.1 Å². The maximum Gasteiger partial charge on any atom is 0.352 e. The quantitative estimate of drug-likeness (QED) is 0.130. The molecule has 8 rings (SSSR count). The van der Waals surface area contributed by atoms with Gasteiger partial charge in [0.05, 0.1) is 24.4 Å². The Bertz CT molecular complexity index is 2370. The molecule has 57 heavy (non-hydrogen) atoms. The van der Waals surface area contributed by atoms with Crippen molar-refractivity contribution in [2.24, 2.45) is 7.05 Å². The molecule has 4 aromatic carbocycles. The van der Waals surface area contributed by atoms with Crippen LogP contribution in [0.1, 0.15) is 46.7 Å². The molecule has 1 fully saturated rings. The summed E-state index contributed by atoms with van der Waals surface area (Å²) in [4.78, 5) is 29.5. The van der Waals surface area contributed by atoms with Crippen LogP contribution < -0.4 is 14.4 Å². The first-order chi connectivity index (χ1) is 27.9. The standard InChI is InChI=1S/C45H49N5O7/c1-47-39-29-55-26-6-5-21-50-43-35(36(44(50)45(52)53)15-9-27-56-40-16-7-11-31-10-3-4-12-34(31)40)13-8-14-37(43)42(39)38(46-47)28-57-33-19-17-32(18-20-33)48-22-24-49(25-23-48)41(51)30-54-2/h3-4,7-8,10-14,16-20H,5-6,9,15,21-30H2,1-2H3,(H,52,53). The number of methoxy groups -OCH3 is 1. The van der Waals surface area contributed by atoms with E-state index in [1.54, 1.807) is 7.11 Å². The third-order valence-corrected chi connectivity index (χ3v) is 11.1. The third-order valence-electron chi connectivity index (χ3n) is 11.1. The molecule has 1 saturated heterocycles. The van der Waals surface area contributed by atoms with E-state index in [-0.39, 0.29) is 19.1 Å². The lowest BCUT2D eigenvalue weighted by Crippen LogP contribution is -2.49. The number of anilines is 1. The van der Waals surface area contributed by atoms with Crippen LogP contribution in [0.25, 0.3) is 32.8 Å². The molecule has 0 atom stereocenters. The lowest BCUT2D eigenvalue weighted by molar-refractivity contribution is -0.135. The summed E-state index contributed by atoms with van der Waals surface area (Å²) in [6.07, 6.45) is 2.79. The van der Waals surface area contributed by atoms with Gasteiger partial charge < -0.3 is 38.4 Å². The van der Waals surface area contributed by atoms with E-state index in [2.05, 4.69) is 29.2 Å². The van der Waals surface area contributed by atoms with Crippen molar-refractivity contribution in [1.82, 2.24) is 19.2 Å². The van der Waals surface area contributed by atoms with Gasteiger partial charge >= 0.3 is 5.97 Å². The minimum absolute atomic E-state index is 0.0167. The summed E-state index contributed by atoms with van der Waals surface area (Å²) in [7, 11) is 3.46. The van der Waals surface area contributed by atoms with Crippen molar-refractivity contribution < 1.29 is 33.6 Å². The highest BCUT2D eigenvalue weighted by atomic mass is 16.5. The Morgan fingerprint density at radius 1 is 0.860 bits per heavy atom. The van der Waals surface area contributed by atoms with Crippen molar-refractivity contribution in [2.45, 2.75) is 45.4 Å². The van der Waals surface area contributed by atoms with Crippen LogP contribution in [0.3, 0.4) is 0 Å². The van der Waals surface area contributed by atoms with E-state index in [4.69, 9.17) is 24.0 Å². The molecule has 0 radical (unpaired) electrons. The smallest absolute Gasteiger partial charge is 0.352 e. The summed E-state index contributed by atoms with van der Waals surface area (Å²) in [5.74, 6) is 0.618. The van der Waals surface area contributed by atoms with Crippen molar-refractivity contribution in [3.05, 3.63) is 108 Å². The Labute approximate surface area is 332 Å². The predicted octanol–water partition coefficient (Wildman–Crippen LogP) is 7.09. The van der Waals surface area contributed by atoms with Crippen LogP contribution >= 0.6 is 0 Å². The van der Waals surface area contributed by atoms with Crippen LogP contribution in [-0.2, 0) is 47.5 Å². The molecule has 12 heteroatoms. The number of benzene rings is 4. The number of ether oxygens (including phenoxy) is 4. The fourth-order valence-electron chi connectivity index (χ4n) is 8.33. The van der Waals surface area contributed by atoms with E-state index in [0.29, 0.717) is 63.7 Å². The van der Waals surface area contributed by atoms with Gasteiger partial charge in [0.2, 0.25) is 5.91 Å². The Balaban J connectivity index is 1.06. The van der Waals surface area contributed by atoms with Crippen LogP contribution in [0.5, 0.6) is 11.5 Å². The van der Waals surface area contributed by atoms with E-state index < -0.39 is 5.97 Å². The first-order valence-electron chi connectivity index (χ1n) is 19.8. The first-order valence-corrected chi connectivity index (χ1v) is 19.8. The van der Waals surface area contributed by atoms with Crippen molar-refractivity contribution >= 4 is 39.2 Å². The first kappa shape index (κ1) is 38.0. The van der Waals surface area contributed by atoms with Crippen molar-refractivity contribution in [3.63, 3.8) is 0 Å². The molecule has 2 aliphatic rings. The number of carboxylic acids is 1. The summed E-state index contributed by atoms with van der Waals surface area (Å²) in [6.45, 7) is 5.06. The minimum Gasteiger partial charge on any atom is -0.493 e. The van der Waals surface area contributed by atoms with E-state index in [1.165, 1.54) is 0 Å². The van der Waals surface area contributed by atoms with Crippen LogP contribution in [0, 0.1) is 0 Å². The number of aromatic nitrogens is 3. The number of rotatable bonds is 12. The average molecular weight is 772 g/mol. The predicted molar refractivity (Wildman–Crippen MR) is 219 cm³/mol. The van der Waals surface area contributed by atoms with E-state index in [1.807, 2.05) is 81.9 Å². The molecular formula is C45H49N5O7. The second-order valence-corrected chi connectivity index (χ2v) is 14.7. The molecular weight excluding hydrogens is 723 g/mol. The molecule has 6 aromatic rings. The van der Waals surface area contributed by atoms with Gasteiger partial charge in [-0.1, -0.05) is 54.6 Å². The van der Waals surface area contributed by atoms with Gasteiger partial charge in [0.25, 0.3) is 0 Å². The summed E-state index contributed by atoms with van der Waals surface area (Å²) < 4.78 is 27.8. The van der Waals surface area contributed by atoms with Gasteiger partial charge in [0.15, 0.2) is 0 Å². The molecule has 12 nitrogen and oxygen atoms in total. The van der Waals surface area contributed by atoms with E-state index in [9.17, 15) is 14.7 Å². The zero-order valence-electron chi connectivity index (χ0n) is 32.6. The van der Waals surface area contributed by atoms with Gasteiger partial charge in [-0.3, -0.25) is 9.48 Å². The molecule has 0 aliphatic carbocycles. The van der Waals surface area contributed by atoms with Crippen LogP contribution in [0.2, 0.25) is 0 Å². The number of aryl methyl sites for hydroxylation is 3. The Morgan fingerprint density at radius 3 is 2.44 bits per heavy atom. The largest absolute Gasteiger partial charge is 0.493 e. The van der Waals surface area contributed by atoms with Gasteiger partial charge in [-0.15, -0.1) is 0 Å². The SMILES string of the molecule is COCC(=O)N1CCN(c2ccc(OCc3nn(C)c4c3-c3cccc5c(CCCOc6cccc7ccccc67)c(C(=O)O)n(c35)CCCCOC4)cc2)CC1. The van der Waals surface area contributed by atoms with Gasteiger partial charge in [-0.05, 0) is 67.0 Å². The number of carbonyl (C=O) groups is 2. The minimum atomic E-state index is -0.937. The lowest BCUT2D eigenvalue weighted by Gasteiger charge is -2.36. The number of carboxylic acid groups (broad SMARTS) is 1. The summed E-state index contributed by atoms with van der Waals surface area (Å²) in [6, 6.07) is 28.4. The van der Waals surface area contributed by atoms with Gasteiger partial charge in [0, 0.05) is 81.1 Å². The number of para-hydroxylation sites is 1. The van der Waals surface area contributed by atoms with Gasteiger partial charge in [-0.25, -0.2) is 4.79 Å². The molecule has 296 valence electrons. The molecule has 1 amide bonds. The lowest BCUT2D eigenvalue weighted by atomic mass is 9.98. The number of piperazine rings is 1. The van der Waals surface area contributed by atoms with Crippen LogP contribution in [-0.4, -0.2) is 89.3 Å². The van der Waals surface area contributed by atoms with Gasteiger partial charge in [-0.2, -0.15) is 5.10 Å². The summed E-state index contributed by atoms with van der Waals surface area (Å²) in [5, 5.41) is 18.8. The highest BCUT2D eigenvalue weighted by molar-refractivity contribution is 6.04. The van der Waals surface area contributed by atoms with Crippen molar-refractivity contribution in [1.29, 1.82) is 0 Å². The van der Waals surface area contributed by atoms with Crippen LogP contribution in [0.15, 0.2) is 84.9 Å². The second-order valence-electron chi connectivity index (χ2n) is 14.7. The molecule has 2 aliphatic heterocycles. The van der Waals surface area contributed by atoms with Crippen molar-refractivity contribution in [3.8, 4) is 22.6 Å². The number of nitrogens with zero attached hydrogens (tertiary/aromatic N) is 5. The van der Waals surface area contributed by atoms with E-state index in [0.717, 1.165) is 87.1 Å². The molecule has 0 saturated carbocycles. The average Bonchev–Trinajstić information content (AvgIpc) is 3.72. The normalized spacial score (nSPS) is 14.7. The summed E-state index contributed by atoms with van der Waals surface area (Å²) in [5.41, 5.74) is 6.60. The van der Waals surface area contributed by atoms with Crippen LogP contribution in [0.4, 0.5) is 5.69 Å². The second kappa shape index (κ2) is 17.1. The number of aromatic carboxylic acids is 1. The highest BCUT2D eigenvalue weighted by Gasteiger charge is 2.28. The summed E-state index contributed by atoms with van der Waals surface area (Å²) >= 11 is 0. The highest BCUT2D eigenvalue weighted by Crippen LogP contribution is 2.39. The Hall–Kier alpha value is -5.85. The maximum absolute atomic E-state index is 13.2. The molecule has 0 spiro atoms. The monoisotopic (exact) mass is 771 g/mol. The Morgan fingerprint density at radius 2 is 1.63 bits per heavy atom. The molecule has 1 N–H and O–H groups in total. The number of amides is 1. The molecule has 2 aromatic heterocycles. The zero-order valence-corrected chi connectivity index (χ0v) is 32.6. The molecule has 0 unspecified atom stereocenters. The fraction of sp³-hybridized carbons (Fsp3) is 0.356. The number of carbonyl (C=O) groups excluding carboxylic acids is 1. The number of hydrogen-bond acceptors (Lipinski definition) is 8. The Kier molecular flexibility index (Phi) is 11.4. The van der Waals surface area contributed by atoms with E-state index >= 15 is 0 Å². The molecule has 0 bridgehead atoms. The molecule has 4 heterocycles. The van der Waals surface area contributed by atoms with Crippen molar-refractivity contribution in [2.75, 3.05) is 58.0 Å². The maximum atomic E-state index is 13.2. The fourth-order valence-corrected chi connectivity index (χ4v) is 8.33. The topological polar surface area (TPSA) is 121 Å².